The number of nitrogens with two attached hydrogens (primary N) is 1. The largest absolute Gasteiger partial charge is 0.396 e. The monoisotopic (exact) mass is 361 g/mol. The van der Waals surface area contributed by atoms with E-state index in [2.05, 4.69) is 33.2 Å². The number of halogens is 2. The molecule has 0 radical (unpaired) electrons. The minimum atomic E-state index is 0.648. The summed E-state index contributed by atoms with van der Waals surface area (Å²) in [6.07, 6.45) is 1.85. The van der Waals surface area contributed by atoms with Crippen LogP contribution in [0.25, 0.3) is 11.3 Å². The van der Waals surface area contributed by atoms with E-state index in [4.69, 9.17) is 17.3 Å². The molecule has 2 N–H and O–H groups in total. The van der Waals surface area contributed by atoms with E-state index in [0.717, 1.165) is 15.7 Å². The number of nitrogens with zero attached hydrogens (tertiary/aromatic N) is 2. The van der Waals surface area contributed by atoms with Crippen molar-refractivity contribution in [3.05, 3.63) is 69.8 Å². The first-order valence-corrected chi connectivity index (χ1v) is 7.62. The van der Waals surface area contributed by atoms with Gasteiger partial charge in [-0.2, -0.15) is 5.10 Å². The summed E-state index contributed by atoms with van der Waals surface area (Å²) in [7, 11) is 0. The maximum atomic E-state index is 6.07. The highest BCUT2D eigenvalue weighted by Crippen LogP contribution is 2.26. The molecule has 0 saturated heterocycles. The Morgan fingerprint density at radius 2 is 1.90 bits per heavy atom. The van der Waals surface area contributed by atoms with Crippen LogP contribution in [-0.2, 0) is 6.54 Å². The molecule has 21 heavy (non-hydrogen) atoms. The van der Waals surface area contributed by atoms with E-state index in [1.807, 2.05) is 47.3 Å². The highest BCUT2D eigenvalue weighted by Gasteiger charge is 2.09. The quantitative estimate of drug-likeness (QED) is 0.740. The van der Waals surface area contributed by atoms with Crippen LogP contribution in [0, 0.1) is 0 Å². The topological polar surface area (TPSA) is 43.8 Å². The predicted molar refractivity (Wildman–Crippen MR) is 90.3 cm³/mol. The van der Waals surface area contributed by atoms with Crippen molar-refractivity contribution >= 4 is 33.2 Å². The SMILES string of the molecule is Nc1cn(Cc2ccc(Br)cc2)nc1-c1cccc(Cl)c1. The molecular weight excluding hydrogens is 350 g/mol. The Morgan fingerprint density at radius 1 is 1.14 bits per heavy atom. The second-order valence-corrected chi connectivity index (χ2v) is 6.12. The lowest BCUT2D eigenvalue weighted by molar-refractivity contribution is 0.689. The molecule has 0 aliphatic carbocycles. The molecule has 3 nitrogen and oxygen atoms in total. The molecule has 0 aliphatic heterocycles. The molecule has 1 heterocycles. The summed E-state index contributed by atoms with van der Waals surface area (Å²) in [5, 5.41) is 5.24. The van der Waals surface area contributed by atoms with Gasteiger partial charge in [0.1, 0.15) is 5.69 Å². The second kappa shape index (κ2) is 5.92. The Kier molecular flexibility index (Phi) is 3.99. The van der Waals surface area contributed by atoms with Crippen LogP contribution < -0.4 is 5.73 Å². The number of aromatic nitrogens is 2. The van der Waals surface area contributed by atoms with E-state index in [1.165, 1.54) is 5.56 Å². The fraction of sp³-hybridized carbons (Fsp3) is 0.0625. The summed E-state index contributed by atoms with van der Waals surface area (Å²) in [6.45, 7) is 0.679. The fourth-order valence-electron chi connectivity index (χ4n) is 2.15. The van der Waals surface area contributed by atoms with Crippen LogP contribution in [0.1, 0.15) is 5.56 Å². The van der Waals surface area contributed by atoms with Gasteiger partial charge in [-0.25, -0.2) is 0 Å². The van der Waals surface area contributed by atoms with Crippen molar-refractivity contribution in [2.24, 2.45) is 0 Å². The molecule has 106 valence electrons. The standard InChI is InChI=1S/C16H13BrClN3/c17-13-6-4-11(5-7-13)9-21-10-15(19)16(20-21)12-2-1-3-14(18)8-12/h1-8,10H,9,19H2. The average molecular weight is 363 g/mol. The van der Waals surface area contributed by atoms with Gasteiger partial charge in [0.05, 0.1) is 12.2 Å². The Bertz CT molecular complexity index is 765. The molecule has 0 fully saturated rings. The van der Waals surface area contributed by atoms with Gasteiger partial charge >= 0.3 is 0 Å². The summed E-state index contributed by atoms with van der Waals surface area (Å²) in [4.78, 5) is 0. The van der Waals surface area contributed by atoms with Gasteiger partial charge in [0, 0.05) is 21.3 Å². The summed E-state index contributed by atoms with van der Waals surface area (Å²) in [5.41, 5.74) is 9.56. The number of rotatable bonds is 3. The third-order valence-corrected chi connectivity index (χ3v) is 3.91. The van der Waals surface area contributed by atoms with E-state index in [1.54, 1.807) is 0 Å². The van der Waals surface area contributed by atoms with Crippen molar-refractivity contribution in [3.63, 3.8) is 0 Å². The zero-order chi connectivity index (χ0) is 14.8. The molecular formula is C16H13BrClN3. The van der Waals surface area contributed by atoms with Crippen LogP contribution in [0.3, 0.4) is 0 Å². The molecule has 3 rings (SSSR count). The van der Waals surface area contributed by atoms with Gasteiger partial charge in [-0.1, -0.05) is 51.8 Å². The first-order chi connectivity index (χ1) is 10.1. The molecule has 0 aliphatic rings. The average Bonchev–Trinajstić information content (AvgIpc) is 2.82. The van der Waals surface area contributed by atoms with Crippen molar-refractivity contribution in [3.8, 4) is 11.3 Å². The Balaban J connectivity index is 1.89. The van der Waals surface area contributed by atoms with Crippen molar-refractivity contribution in [2.75, 3.05) is 5.73 Å². The van der Waals surface area contributed by atoms with E-state index in [9.17, 15) is 0 Å². The zero-order valence-corrected chi connectivity index (χ0v) is 13.5. The molecule has 5 heteroatoms. The normalized spacial score (nSPS) is 10.8. The van der Waals surface area contributed by atoms with Gasteiger partial charge in [0.25, 0.3) is 0 Å². The third-order valence-electron chi connectivity index (χ3n) is 3.15. The highest BCUT2D eigenvalue weighted by molar-refractivity contribution is 9.10. The van der Waals surface area contributed by atoms with Gasteiger partial charge in [-0.3, -0.25) is 4.68 Å². The van der Waals surface area contributed by atoms with Crippen LogP contribution in [0.15, 0.2) is 59.2 Å². The van der Waals surface area contributed by atoms with Crippen LogP contribution in [-0.4, -0.2) is 9.78 Å². The minimum absolute atomic E-state index is 0.648. The Hall–Kier alpha value is -1.78. The molecule has 0 amide bonds. The first kappa shape index (κ1) is 14.2. The van der Waals surface area contributed by atoms with Crippen LogP contribution in [0.5, 0.6) is 0 Å². The summed E-state index contributed by atoms with van der Waals surface area (Å²) >= 11 is 9.45. The molecule has 3 aromatic rings. The number of anilines is 1. The maximum absolute atomic E-state index is 6.07. The van der Waals surface area contributed by atoms with E-state index < -0.39 is 0 Å². The summed E-state index contributed by atoms with van der Waals surface area (Å²) in [5.74, 6) is 0. The van der Waals surface area contributed by atoms with Gasteiger partial charge in [-0.15, -0.1) is 0 Å². The molecule has 0 atom stereocenters. The Morgan fingerprint density at radius 3 is 2.62 bits per heavy atom. The lowest BCUT2D eigenvalue weighted by atomic mass is 10.1. The molecule has 0 unspecified atom stereocenters. The first-order valence-electron chi connectivity index (χ1n) is 6.45. The molecule has 0 saturated carbocycles. The number of nitrogen functional groups attached to an aromatic ring is 1. The van der Waals surface area contributed by atoms with E-state index >= 15 is 0 Å². The zero-order valence-electron chi connectivity index (χ0n) is 11.1. The summed E-state index contributed by atoms with van der Waals surface area (Å²) < 4.78 is 2.90. The Labute approximate surface area is 136 Å². The van der Waals surface area contributed by atoms with Gasteiger partial charge in [-0.05, 0) is 29.8 Å². The van der Waals surface area contributed by atoms with Crippen LogP contribution in [0.2, 0.25) is 5.02 Å². The number of hydrogen-bond donors (Lipinski definition) is 1. The van der Waals surface area contributed by atoms with Crippen molar-refractivity contribution in [2.45, 2.75) is 6.54 Å². The van der Waals surface area contributed by atoms with Crippen molar-refractivity contribution in [1.82, 2.24) is 9.78 Å². The van der Waals surface area contributed by atoms with Gasteiger partial charge in [0.2, 0.25) is 0 Å². The second-order valence-electron chi connectivity index (χ2n) is 4.77. The van der Waals surface area contributed by atoms with Crippen LogP contribution in [0.4, 0.5) is 5.69 Å². The smallest absolute Gasteiger partial charge is 0.115 e. The molecule has 1 aromatic heterocycles. The van der Waals surface area contributed by atoms with E-state index in [0.29, 0.717) is 17.3 Å². The van der Waals surface area contributed by atoms with Crippen LogP contribution >= 0.6 is 27.5 Å². The third kappa shape index (κ3) is 3.28. The minimum Gasteiger partial charge on any atom is -0.396 e. The number of benzene rings is 2. The lowest BCUT2D eigenvalue weighted by Crippen LogP contribution is -2.00. The highest BCUT2D eigenvalue weighted by atomic mass is 79.9. The maximum Gasteiger partial charge on any atom is 0.115 e. The summed E-state index contributed by atoms with van der Waals surface area (Å²) in [6, 6.07) is 15.7. The van der Waals surface area contributed by atoms with Crippen molar-refractivity contribution < 1.29 is 0 Å². The molecule has 0 spiro atoms. The van der Waals surface area contributed by atoms with Gasteiger partial charge < -0.3 is 5.73 Å². The lowest BCUT2D eigenvalue weighted by Gasteiger charge is -2.02. The molecule has 2 aromatic carbocycles. The number of hydrogen-bond acceptors (Lipinski definition) is 2. The molecule has 0 bridgehead atoms. The van der Waals surface area contributed by atoms with E-state index in [-0.39, 0.29) is 0 Å². The fourth-order valence-corrected chi connectivity index (χ4v) is 2.61. The van der Waals surface area contributed by atoms with Gasteiger partial charge in [0.15, 0.2) is 0 Å². The van der Waals surface area contributed by atoms with Crippen molar-refractivity contribution in [1.29, 1.82) is 0 Å². The predicted octanol–water partition coefficient (Wildman–Crippen LogP) is 4.60.